The van der Waals surface area contributed by atoms with E-state index in [4.69, 9.17) is 9.31 Å². The van der Waals surface area contributed by atoms with Gasteiger partial charge in [-0.25, -0.2) is 0 Å². The maximum Gasteiger partial charge on any atom is 0.496 e. The first-order chi connectivity index (χ1) is 6.98. The SMILES string of the molecule is CC1CC(C)(C)OB(c2cscc2Br)O1. The maximum absolute atomic E-state index is 5.92. The van der Waals surface area contributed by atoms with E-state index in [-0.39, 0.29) is 18.8 Å². The van der Waals surface area contributed by atoms with Gasteiger partial charge in [-0.2, -0.15) is 11.3 Å². The lowest BCUT2D eigenvalue weighted by Crippen LogP contribution is -2.51. The first-order valence-electron chi connectivity index (χ1n) is 5.03. The molecule has 1 atom stereocenters. The van der Waals surface area contributed by atoms with Crippen LogP contribution in [0.25, 0.3) is 0 Å². The molecule has 0 bridgehead atoms. The number of thiophene rings is 1. The predicted molar refractivity (Wildman–Crippen MR) is 67.7 cm³/mol. The third kappa shape index (κ3) is 2.64. The van der Waals surface area contributed by atoms with Crippen LogP contribution in [0.1, 0.15) is 27.2 Å². The van der Waals surface area contributed by atoms with E-state index in [2.05, 4.69) is 42.1 Å². The molecule has 0 aliphatic carbocycles. The van der Waals surface area contributed by atoms with Gasteiger partial charge < -0.3 is 9.31 Å². The summed E-state index contributed by atoms with van der Waals surface area (Å²) in [6.45, 7) is 6.32. The molecule has 1 saturated heterocycles. The standard InChI is InChI=1S/C10H14BBrO2S/c1-7-4-10(2,3)14-11(13-7)8-5-15-6-9(8)12/h5-7H,4H2,1-3H3. The molecule has 0 spiro atoms. The molecular weight excluding hydrogens is 275 g/mol. The van der Waals surface area contributed by atoms with E-state index >= 15 is 0 Å². The number of hydrogen-bond donors (Lipinski definition) is 0. The van der Waals surface area contributed by atoms with Crippen molar-refractivity contribution in [2.75, 3.05) is 0 Å². The lowest BCUT2D eigenvalue weighted by molar-refractivity contribution is -0.0229. The molecule has 1 aromatic heterocycles. The number of halogens is 1. The molecule has 2 heterocycles. The Morgan fingerprint density at radius 2 is 2.27 bits per heavy atom. The molecule has 82 valence electrons. The Balaban J connectivity index is 2.20. The van der Waals surface area contributed by atoms with E-state index in [0.717, 1.165) is 16.4 Å². The molecule has 0 N–H and O–H groups in total. The van der Waals surface area contributed by atoms with Crippen LogP contribution in [-0.4, -0.2) is 18.8 Å². The summed E-state index contributed by atoms with van der Waals surface area (Å²) < 4.78 is 12.8. The van der Waals surface area contributed by atoms with Crippen molar-refractivity contribution >= 4 is 39.8 Å². The molecule has 1 unspecified atom stereocenters. The summed E-state index contributed by atoms with van der Waals surface area (Å²) in [4.78, 5) is 0. The monoisotopic (exact) mass is 288 g/mol. The third-order valence-electron chi connectivity index (χ3n) is 2.46. The van der Waals surface area contributed by atoms with E-state index in [1.807, 2.05) is 5.38 Å². The van der Waals surface area contributed by atoms with Crippen LogP contribution in [0, 0.1) is 0 Å². The van der Waals surface area contributed by atoms with Gasteiger partial charge in [0.1, 0.15) is 0 Å². The molecule has 1 aliphatic heterocycles. The molecule has 0 saturated carbocycles. The Kier molecular flexibility index (Phi) is 3.26. The molecule has 0 aromatic carbocycles. The van der Waals surface area contributed by atoms with Crippen LogP contribution < -0.4 is 5.46 Å². The molecule has 2 nitrogen and oxygen atoms in total. The summed E-state index contributed by atoms with van der Waals surface area (Å²) in [5, 5.41) is 4.12. The van der Waals surface area contributed by atoms with Crippen LogP contribution in [0.5, 0.6) is 0 Å². The van der Waals surface area contributed by atoms with Gasteiger partial charge in [-0.1, -0.05) is 15.9 Å². The van der Waals surface area contributed by atoms with Crippen LogP contribution in [-0.2, 0) is 9.31 Å². The van der Waals surface area contributed by atoms with Gasteiger partial charge in [0.2, 0.25) is 0 Å². The van der Waals surface area contributed by atoms with Crippen LogP contribution in [0.2, 0.25) is 0 Å². The molecule has 1 fully saturated rings. The predicted octanol–water partition coefficient (Wildman–Crippen LogP) is 2.81. The highest BCUT2D eigenvalue weighted by atomic mass is 79.9. The minimum Gasteiger partial charge on any atom is -0.405 e. The van der Waals surface area contributed by atoms with Crippen LogP contribution >= 0.6 is 27.3 Å². The minimum atomic E-state index is -0.232. The zero-order valence-corrected chi connectivity index (χ0v) is 11.5. The Labute approximate surface area is 103 Å². The van der Waals surface area contributed by atoms with Crippen molar-refractivity contribution in [2.24, 2.45) is 0 Å². The van der Waals surface area contributed by atoms with Crippen molar-refractivity contribution in [1.82, 2.24) is 0 Å². The van der Waals surface area contributed by atoms with Crippen molar-refractivity contribution in [1.29, 1.82) is 0 Å². The second-order valence-corrected chi connectivity index (χ2v) is 6.13. The molecule has 1 aromatic rings. The summed E-state index contributed by atoms with van der Waals surface area (Å²) in [5.74, 6) is 0. The Hall–Kier alpha value is 0.165. The summed E-state index contributed by atoms with van der Waals surface area (Å²) in [5.41, 5.74) is 0.989. The molecular formula is C10H14BBrO2S. The molecule has 0 radical (unpaired) electrons. The van der Waals surface area contributed by atoms with Crippen LogP contribution in [0.3, 0.4) is 0 Å². The van der Waals surface area contributed by atoms with Gasteiger partial charge in [0.15, 0.2) is 0 Å². The minimum absolute atomic E-state index is 0.107. The van der Waals surface area contributed by atoms with E-state index in [1.54, 1.807) is 11.3 Å². The van der Waals surface area contributed by atoms with Crippen molar-refractivity contribution in [3.05, 3.63) is 15.2 Å². The van der Waals surface area contributed by atoms with Crippen molar-refractivity contribution < 1.29 is 9.31 Å². The maximum atomic E-state index is 5.92. The van der Waals surface area contributed by atoms with Crippen LogP contribution in [0.4, 0.5) is 0 Å². The van der Waals surface area contributed by atoms with Gasteiger partial charge >= 0.3 is 7.12 Å². The second-order valence-electron chi connectivity index (χ2n) is 4.54. The second kappa shape index (κ2) is 4.20. The summed E-state index contributed by atoms with van der Waals surface area (Å²) in [6.07, 6.45) is 1.18. The highest BCUT2D eigenvalue weighted by Crippen LogP contribution is 2.27. The average Bonchev–Trinajstić information content (AvgIpc) is 2.47. The van der Waals surface area contributed by atoms with E-state index in [9.17, 15) is 0 Å². The first kappa shape index (κ1) is 11.6. The lowest BCUT2D eigenvalue weighted by atomic mass is 9.76. The zero-order chi connectivity index (χ0) is 11.1. The van der Waals surface area contributed by atoms with Crippen molar-refractivity contribution in [3.8, 4) is 0 Å². The van der Waals surface area contributed by atoms with Gasteiger partial charge in [0.25, 0.3) is 0 Å². The molecule has 15 heavy (non-hydrogen) atoms. The average molecular weight is 289 g/mol. The fraction of sp³-hybridized carbons (Fsp3) is 0.600. The van der Waals surface area contributed by atoms with Gasteiger partial charge in [-0.3, -0.25) is 0 Å². The molecule has 5 heteroatoms. The van der Waals surface area contributed by atoms with E-state index in [0.29, 0.717) is 0 Å². The van der Waals surface area contributed by atoms with Gasteiger partial charge in [-0.15, -0.1) is 0 Å². The first-order valence-corrected chi connectivity index (χ1v) is 6.76. The largest absolute Gasteiger partial charge is 0.496 e. The molecule has 1 aliphatic rings. The Bertz CT molecular complexity index is 353. The number of rotatable bonds is 1. The van der Waals surface area contributed by atoms with Gasteiger partial charge in [0.05, 0.1) is 5.60 Å². The zero-order valence-electron chi connectivity index (χ0n) is 9.12. The molecule has 2 rings (SSSR count). The van der Waals surface area contributed by atoms with Crippen molar-refractivity contribution in [2.45, 2.75) is 38.9 Å². The van der Waals surface area contributed by atoms with E-state index in [1.165, 1.54) is 0 Å². The van der Waals surface area contributed by atoms with Gasteiger partial charge in [0, 0.05) is 21.4 Å². The quantitative estimate of drug-likeness (QED) is 0.740. The Morgan fingerprint density at radius 1 is 1.53 bits per heavy atom. The fourth-order valence-electron chi connectivity index (χ4n) is 1.91. The Morgan fingerprint density at radius 3 is 2.80 bits per heavy atom. The summed E-state index contributed by atoms with van der Waals surface area (Å²) >= 11 is 5.16. The topological polar surface area (TPSA) is 18.5 Å². The van der Waals surface area contributed by atoms with Crippen LogP contribution in [0.15, 0.2) is 15.2 Å². The molecule has 0 amide bonds. The van der Waals surface area contributed by atoms with E-state index < -0.39 is 0 Å². The fourth-order valence-corrected chi connectivity index (χ4v) is 3.40. The lowest BCUT2D eigenvalue weighted by Gasteiger charge is -2.38. The smallest absolute Gasteiger partial charge is 0.405 e. The third-order valence-corrected chi connectivity index (χ3v) is 4.21. The van der Waals surface area contributed by atoms with Crippen molar-refractivity contribution in [3.63, 3.8) is 0 Å². The van der Waals surface area contributed by atoms with Gasteiger partial charge in [-0.05, 0) is 32.6 Å². The summed E-state index contributed by atoms with van der Waals surface area (Å²) in [6, 6.07) is 0. The number of hydrogen-bond acceptors (Lipinski definition) is 3. The summed E-state index contributed by atoms with van der Waals surface area (Å²) in [7, 11) is -0.232. The normalized spacial score (nSPS) is 25.6. The highest BCUT2D eigenvalue weighted by molar-refractivity contribution is 9.10. The highest BCUT2D eigenvalue weighted by Gasteiger charge is 2.39.